The number of aromatic hydroxyl groups is 2. The number of halogens is 2. The molecule has 0 bridgehead atoms. The third-order valence-electron chi connectivity index (χ3n) is 2.94. The lowest BCUT2D eigenvalue weighted by molar-refractivity contribution is 0.180. The zero-order valence-corrected chi connectivity index (χ0v) is 12.4. The van der Waals surface area contributed by atoms with Crippen molar-refractivity contribution in [1.82, 2.24) is 0 Å². The second-order valence-corrected chi connectivity index (χ2v) is 5.51. The smallest absolute Gasteiger partial charge is 0.347 e. The zero-order chi connectivity index (χ0) is 15.7. The van der Waals surface area contributed by atoms with Crippen LogP contribution in [0.5, 0.6) is 17.2 Å². The molecule has 1 aromatic heterocycles. The van der Waals surface area contributed by atoms with Crippen LogP contribution < -0.4 is 10.4 Å². The molecule has 0 aliphatic heterocycles. The van der Waals surface area contributed by atoms with Gasteiger partial charge in [-0.05, 0) is 6.07 Å². The van der Waals surface area contributed by atoms with Crippen molar-refractivity contribution < 1.29 is 24.5 Å². The lowest BCUT2D eigenvalue weighted by Gasteiger charge is -2.12. The van der Waals surface area contributed by atoms with E-state index in [0.717, 1.165) is 6.07 Å². The number of phenols is 2. The van der Waals surface area contributed by atoms with Gasteiger partial charge in [0.1, 0.15) is 21.7 Å². The second-order valence-electron chi connectivity index (χ2n) is 4.34. The molecule has 0 saturated heterocycles. The minimum absolute atomic E-state index is 0.00432. The van der Waals surface area contributed by atoms with Crippen molar-refractivity contribution in [1.29, 1.82) is 0 Å². The Bertz CT molecular complexity index is 725. The van der Waals surface area contributed by atoms with Crippen LogP contribution in [0.2, 0.25) is 0 Å². The number of phenolic OH excluding ortho intramolecular Hbond substituents is 2. The number of hydrogen-bond donors (Lipinski definition) is 3. The van der Waals surface area contributed by atoms with Gasteiger partial charge in [-0.25, -0.2) is 4.79 Å². The van der Waals surface area contributed by atoms with E-state index in [9.17, 15) is 20.1 Å². The van der Waals surface area contributed by atoms with Crippen molar-refractivity contribution in [3.8, 4) is 17.2 Å². The molecule has 0 fully saturated rings. The van der Waals surface area contributed by atoms with Gasteiger partial charge in [0.05, 0.1) is 13.2 Å². The monoisotopic (exact) mass is 334 g/mol. The second kappa shape index (κ2) is 6.01. The van der Waals surface area contributed by atoms with Crippen molar-refractivity contribution in [2.24, 2.45) is 0 Å². The standard InChI is InChI=1S/C13H12Cl2O6/c1-20-9-4-7(16)10-6(11(9)18)2-5(21-13(10)19)3-8(17)12(14)15/h2,4,8,12,16-18H,3H2,1H3/t8-/m1/s1. The molecule has 1 atom stereocenters. The summed E-state index contributed by atoms with van der Waals surface area (Å²) in [5.41, 5.74) is -0.856. The fourth-order valence-corrected chi connectivity index (χ4v) is 2.10. The van der Waals surface area contributed by atoms with E-state index in [4.69, 9.17) is 32.4 Å². The van der Waals surface area contributed by atoms with Gasteiger partial charge in [-0.3, -0.25) is 0 Å². The molecule has 0 aliphatic rings. The molecular formula is C13H12Cl2O6. The van der Waals surface area contributed by atoms with Crippen LogP contribution in [0.15, 0.2) is 21.3 Å². The van der Waals surface area contributed by atoms with Crippen LogP contribution in [0.1, 0.15) is 5.76 Å². The first-order valence-corrected chi connectivity index (χ1v) is 6.74. The highest BCUT2D eigenvalue weighted by molar-refractivity contribution is 6.44. The van der Waals surface area contributed by atoms with Crippen LogP contribution in [0, 0.1) is 0 Å². The summed E-state index contributed by atoms with van der Waals surface area (Å²) in [5.74, 6) is -0.630. The predicted molar refractivity (Wildman–Crippen MR) is 77.6 cm³/mol. The molecule has 2 rings (SSSR count). The molecule has 1 heterocycles. The summed E-state index contributed by atoms with van der Waals surface area (Å²) >= 11 is 11.1. The number of ether oxygens (including phenoxy) is 1. The normalized spacial score (nSPS) is 12.8. The molecule has 0 saturated carbocycles. The van der Waals surface area contributed by atoms with E-state index < -0.39 is 16.6 Å². The maximum Gasteiger partial charge on any atom is 0.347 e. The zero-order valence-electron chi connectivity index (χ0n) is 10.8. The Labute approximate surface area is 129 Å². The van der Waals surface area contributed by atoms with Crippen LogP contribution in [0.3, 0.4) is 0 Å². The quantitative estimate of drug-likeness (QED) is 0.583. The highest BCUT2D eigenvalue weighted by atomic mass is 35.5. The maximum absolute atomic E-state index is 11.9. The Morgan fingerprint density at radius 3 is 2.57 bits per heavy atom. The predicted octanol–water partition coefficient (Wildman–Crippen LogP) is 1.92. The largest absolute Gasteiger partial charge is 0.507 e. The Morgan fingerprint density at radius 1 is 1.33 bits per heavy atom. The van der Waals surface area contributed by atoms with Crippen molar-refractivity contribution in [3.63, 3.8) is 0 Å². The van der Waals surface area contributed by atoms with Crippen LogP contribution in [0.4, 0.5) is 0 Å². The first-order chi connectivity index (χ1) is 9.85. The minimum Gasteiger partial charge on any atom is -0.507 e. The molecule has 0 unspecified atom stereocenters. The molecule has 1 aromatic carbocycles. The number of methoxy groups -OCH3 is 1. The van der Waals surface area contributed by atoms with Gasteiger partial charge in [0.15, 0.2) is 11.5 Å². The third kappa shape index (κ3) is 3.02. The first kappa shape index (κ1) is 15.8. The molecule has 6 nitrogen and oxygen atoms in total. The molecule has 0 aliphatic carbocycles. The summed E-state index contributed by atoms with van der Waals surface area (Å²) in [7, 11) is 1.31. The molecule has 3 N–H and O–H groups in total. The van der Waals surface area contributed by atoms with E-state index in [1.54, 1.807) is 0 Å². The van der Waals surface area contributed by atoms with E-state index in [0.29, 0.717) is 0 Å². The topological polar surface area (TPSA) is 100 Å². The number of alkyl halides is 2. The summed E-state index contributed by atoms with van der Waals surface area (Å²) < 4.78 is 9.87. The molecule has 2 aromatic rings. The van der Waals surface area contributed by atoms with Crippen molar-refractivity contribution >= 4 is 34.0 Å². The van der Waals surface area contributed by atoms with E-state index in [1.807, 2.05) is 0 Å². The maximum atomic E-state index is 11.9. The highest BCUT2D eigenvalue weighted by Gasteiger charge is 2.20. The van der Waals surface area contributed by atoms with Gasteiger partial charge < -0.3 is 24.5 Å². The number of aliphatic hydroxyl groups is 1. The Kier molecular flexibility index (Phi) is 4.51. The molecule has 0 spiro atoms. The van der Waals surface area contributed by atoms with Crippen molar-refractivity contribution in [2.75, 3.05) is 7.11 Å². The fraction of sp³-hybridized carbons (Fsp3) is 0.308. The summed E-state index contributed by atoms with van der Waals surface area (Å²) in [6, 6.07) is 2.42. The summed E-state index contributed by atoms with van der Waals surface area (Å²) in [4.78, 5) is 10.8. The minimum atomic E-state index is -1.14. The van der Waals surface area contributed by atoms with Crippen LogP contribution in [-0.4, -0.2) is 33.4 Å². The number of aliphatic hydroxyl groups excluding tert-OH is 1. The van der Waals surface area contributed by atoms with Gasteiger partial charge in [-0.2, -0.15) is 0 Å². The van der Waals surface area contributed by atoms with E-state index in [-0.39, 0.29) is 40.2 Å². The summed E-state index contributed by atoms with van der Waals surface area (Å²) in [5, 5.41) is 29.3. The fourth-order valence-electron chi connectivity index (χ4n) is 1.92. The molecule has 114 valence electrons. The lowest BCUT2D eigenvalue weighted by Crippen LogP contribution is -2.19. The van der Waals surface area contributed by atoms with E-state index >= 15 is 0 Å². The lowest BCUT2D eigenvalue weighted by atomic mass is 10.1. The highest BCUT2D eigenvalue weighted by Crippen LogP contribution is 2.39. The van der Waals surface area contributed by atoms with E-state index in [1.165, 1.54) is 13.2 Å². The molecule has 8 heteroatoms. The number of benzene rings is 1. The Hall–Kier alpha value is -1.63. The first-order valence-electron chi connectivity index (χ1n) is 5.87. The Balaban J connectivity index is 2.63. The van der Waals surface area contributed by atoms with Crippen molar-refractivity contribution in [3.05, 3.63) is 28.3 Å². The van der Waals surface area contributed by atoms with Gasteiger partial charge in [-0.1, -0.05) is 0 Å². The Morgan fingerprint density at radius 2 is 2.00 bits per heavy atom. The van der Waals surface area contributed by atoms with E-state index in [2.05, 4.69) is 0 Å². The average Bonchev–Trinajstić information content (AvgIpc) is 2.41. The van der Waals surface area contributed by atoms with Gasteiger partial charge in [0.25, 0.3) is 0 Å². The van der Waals surface area contributed by atoms with Gasteiger partial charge in [0.2, 0.25) is 0 Å². The van der Waals surface area contributed by atoms with Gasteiger partial charge in [-0.15, -0.1) is 23.2 Å². The van der Waals surface area contributed by atoms with Crippen molar-refractivity contribution in [2.45, 2.75) is 17.4 Å². The van der Waals surface area contributed by atoms with Crippen LogP contribution in [-0.2, 0) is 6.42 Å². The number of fused-ring (bicyclic) bond motifs is 1. The van der Waals surface area contributed by atoms with Gasteiger partial charge >= 0.3 is 5.63 Å². The number of hydrogen-bond acceptors (Lipinski definition) is 6. The van der Waals surface area contributed by atoms with Crippen LogP contribution >= 0.6 is 23.2 Å². The summed E-state index contributed by atoms with van der Waals surface area (Å²) in [6.45, 7) is 0. The molecule has 21 heavy (non-hydrogen) atoms. The molecule has 0 radical (unpaired) electrons. The SMILES string of the molecule is COc1cc(O)c2c(=O)oc(C[C@@H](O)C(Cl)Cl)cc2c1O. The molecular weight excluding hydrogens is 323 g/mol. The molecule has 0 amide bonds. The van der Waals surface area contributed by atoms with Crippen LogP contribution in [0.25, 0.3) is 10.8 Å². The number of rotatable bonds is 4. The average molecular weight is 335 g/mol. The van der Waals surface area contributed by atoms with Gasteiger partial charge in [0, 0.05) is 17.9 Å². The third-order valence-corrected chi connectivity index (χ3v) is 3.52. The summed E-state index contributed by atoms with van der Waals surface area (Å²) in [6.07, 6.45) is -1.27.